The third kappa shape index (κ3) is 4.64. The molecular formula is C19H20N4OS. The van der Waals surface area contributed by atoms with E-state index in [1.807, 2.05) is 49.4 Å². The number of hydrogen-bond donors (Lipinski definition) is 1. The molecule has 2 aromatic carbocycles. The van der Waals surface area contributed by atoms with E-state index in [0.717, 1.165) is 30.0 Å². The van der Waals surface area contributed by atoms with Crippen molar-refractivity contribution in [2.24, 2.45) is 5.10 Å². The number of nitrogens with one attached hydrogen (secondary N) is 1. The van der Waals surface area contributed by atoms with Gasteiger partial charge in [-0.25, -0.2) is 0 Å². The zero-order valence-electron chi connectivity index (χ0n) is 14.1. The maximum absolute atomic E-state index is 5.51. The number of H-pyrrole nitrogens is 1. The Kier molecular flexibility index (Phi) is 5.74. The van der Waals surface area contributed by atoms with Gasteiger partial charge < -0.3 is 4.74 Å². The summed E-state index contributed by atoms with van der Waals surface area (Å²) in [5.74, 6) is 1.64. The fourth-order valence-electron chi connectivity index (χ4n) is 2.48. The van der Waals surface area contributed by atoms with E-state index in [9.17, 15) is 0 Å². The van der Waals surface area contributed by atoms with Gasteiger partial charge >= 0.3 is 0 Å². The standard InChI is InChI=1S/C19H20N4OS/c1-2-24-17-10-6-9-16(13-17)14-20-23-18(21-22-19(23)25)12-11-15-7-4-3-5-8-15/h3-10,13-14H,2,11-12H2,1H3,(H,22,25)/b20-14-. The SMILES string of the molecule is CCOc1cccc(/C=N\n2c(CCc3ccccc3)n[nH]c2=S)c1. The first-order chi connectivity index (χ1) is 12.3. The molecule has 1 aromatic heterocycles. The van der Waals surface area contributed by atoms with Crippen LogP contribution in [0.25, 0.3) is 0 Å². The number of aromatic amines is 1. The zero-order valence-corrected chi connectivity index (χ0v) is 14.9. The highest BCUT2D eigenvalue weighted by molar-refractivity contribution is 7.71. The van der Waals surface area contributed by atoms with Crippen molar-refractivity contribution in [2.75, 3.05) is 6.61 Å². The second kappa shape index (κ2) is 8.39. The minimum absolute atomic E-state index is 0.486. The van der Waals surface area contributed by atoms with Crippen LogP contribution in [0.4, 0.5) is 0 Å². The first-order valence-electron chi connectivity index (χ1n) is 8.23. The average Bonchev–Trinajstić information content (AvgIpc) is 2.99. The molecule has 25 heavy (non-hydrogen) atoms. The molecule has 0 unspecified atom stereocenters. The molecule has 1 heterocycles. The summed E-state index contributed by atoms with van der Waals surface area (Å²) in [6.07, 6.45) is 3.41. The lowest BCUT2D eigenvalue weighted by atomic mass is 10.1. The molecule has 0 fully saturated rings. The smallest absolute Gasteiger partial charge is 0.216 e. The van der Waals surface area contributed by atoms with Crippen molar-refractivity contribution in [2.45, 2.75) is 19.8 Å². The highest BCUT2D eigenvalue weighted by atomic mass is 32.1. The summed E-state index contributed by atoms with van der Waals surface area (Å²) in [5.41, 5.74) is 2.21. The Morgan fingerprint density at radius 1 is 1.16 bits per heavy atom. The Bertz CT molecular complexity index is 899. The molecule has 0 aliphatic rings. The van der Waals surface area contributed by atoms with Crippen molar-refractivity contribution in [3.8, 4) is 5.75 Å². The Morgan fingerprint density at radius 3 is 2.80 bits per heavy atom. The third-order valence-corrected chi connectivity index (χ3v) is 3.95. The van der Waals surface area contributed by atoms with E-state index in [0.29, 0.717) is 11.4 Å². The molecule has 0 radical (unpaired) electrons. The number of benzene rings is 2. The van der Waals surface area contributed by atoms with Crippen LogP contribution >= 0.6 is 12.2 Å². The van der Waals surface area contributed by atoms with Crippen molar-refractivity contribution in [1.82, 2.24) is 14.9 Å². The van der Waals surface area contributed by atoms with Gasteiger partial charge in [-0.3, -0.25) is 5.10 Å². The third-order valence-electron chi connectivity index (χ3n) is 3.69. The summed E-state index contributed by atoms with van der Waals surface area (Å²) < 4.78 is 7.67. The van der Waals surface area contributed by atoms with Gasteiger partial charge in [0.05, 0.1) is 12.8 Å². The van der Waals surface area contributed by atoms with Crippen molar-refractivity contribution < 1.29 is 4.74 Å². The molecule has 5 nitrogen and oxygen atoms in total. The Balaban J connectivity index is 1.75. The molecule has 0 aliphatic carbocycles. The van der Waals surface area contributed by atoms with Crippen LogP contribution in [-0.4, -0.2) is 27.7 Å². The van der Waals surface area contributed by atoms with E-state index in [1.54, 1.807) is 10.9 Å². The molecule has 0 amide bonds. The lowest BCUT2D eigenvalue weighted by Crippen LogP contribution is -2.01. The molecule has 0 spiro atoms. The van der Waals surface area contributed by atoms with Gasteiger partial charge in [0.25, 0.3) is 0 Å². The first-order valence-corrected chi connectivity index (χ1v) is 8.64. The van der Waals surface area contributed by atoms with Gasteiger partial charge in [-0.15, -0.1) is 0 Å². The predicted octanol–water partition coefficient (Wildman–Crippen LogP) is 4.01. The van der Waals surface area contributed by atoms with Crippen molar-refractivity contribution in [3.05, 3.63) is 76.3 Å². The van der Waals surface area contributed by atoms with Crippen LogP contribution in [0.1, 0.15) is 23.9 Å². The van der Waals surface area contributed by atoms with Gasteiger partial charge in [0.15, 0.2) is 5.82 Å². The van der Waals surface area contributed by atoms with Crippen LogP contribution in [-0.2, 0) is 12.8 Å². The van der Waals surface area contributed by atoms with Crippen molar-refractivity contribution >= 4 is 18.4 Å². The monoisotopic (exact) mass is 352 g/mol. The normalized spacial score (nSPS) is 11.1. The number of hydrogen-bond acceptors (Lipinski definition) is 4. The van der Waals surface area contributed by atoms with Crippen LogP contribution in [0, 0.1) is 4.77 Å². The first kappa shape index (κ1) is 17.1. The Morgan fingerprint density at radius 2 is 2.00 bits per heavy atom. The molecule has 0 saturated heterocycles. The maximum Gasteiger partial charge on any atom is 0.216 e. The summed E-state index contributed by atoms with van der Waals surface area (Å²) in [5, 5.41) is 11.6. The van der Waals surface area contributed by atoms with Crippen molar-refractivity contribution in [3.63, 3.8) is 0 Å². The molecule has 0 aliphatic heterocycles. The molecule has 6 heteroatoms. The largest absolute Gasteiger partial charge is 0.494 e. The molecule has 0 atom stereocenters. The molecule has 3 rings (SSSR count). The van der Waals surface area contributed by atoms with E-state index >= 15 is 0 Å². The van der Waals surface area contributed by atoms with Crippen LogP contribution in [0.15, 0.2) is 59.7 Å². The molecule has 0 bridgehead atoms. The summed E-state index contributed by atoms with van der Waals surface area (Å²) in [7, 11) is 0. The Hall–Kier alpha value is -2.73. The topological polar surface area (TPSA) is 55.2 Å². The Labute approximate surface area is 152 Å². The van der Waals surface area contributed by atoms with E-state index in [-0.39, 0.29) is 0 Å². The van der Waals surface area contributed by atoms with Gasteiger partial charge in [-0.05, 0) is 48.8 Å². The van der Waals surface area contributed by atoms with E-state index in [2.05, 4.69) is 27.4 Å². The lowest BCUT2D eigenvalue weighted by molar-refractivity contribution is 0.340. The van der Waals surface area contributed by atoms with Gasteiger partial charge in [0.2, 0.25) is 4.77 Å². The number of aryl methyl sites for hydroxylation is 2. The predicted molar refractivity (Wildman–Crippen MR) is 102 cm³/mol. The minimum atomic E-state index is 0.486. The van der Waals surface area contributed by atoms with E-state index in [1.165, 1.54) is 5.56 Å². The number of nitrogens with zero attached hydrogens (tertiary/aromatic N) is 3. The molecule has 0 saturated carbocycles. The summed E-state index contributed by atoms with van der Waals surface area (Å²) >= 11 is 5.29. The quantitative estimate of drug-likeness (QED) is 0.516. The minimum Gasteiger partial charge on any atom is -0.494 e. The number of aromatic nitrogens is 3. The fourth-order valence-corrected chi connectivity index (χ4v) is 2.68. The second-order valence-electron chi connectivity index (χ2n) is 5.49. The van der Waals surface area contributed by atoms with Crippen LogP contribution in [0.5, 0.6) is 5.75 Å². The molecular weight excluding hydrogens is 332 g/mol. The summed E-state index contributed by atoms with van der Waals surface area (Å²) in [6, 6.07) is 18.1. The average molecular weight is 352 g/mol. The summed E-state index contributed by atoms with van der Waals surface area (Å²) in [4.78, 5) is 0. The number of ether oxygens (including phenoxy) is 1. The fraction of sp³-hybridized carbons (Fsp3) is 0.211. The van der Waals surface area contributed by atoms with Crippen LogP contribution < -0.4 is 4.74 Å². The van der Waals surface area contributed by atoms with Crippen LogP contribution in [0.2, 0.25) is 0 Å². The summed E-state index contributed by atoms with van der Waals surface area (Å²) in [6.45, 7) is 2.60. The van der Waals surface area contributed by atoms with Gasteiger partial charge in [0, 0.05) is 6.42 Å². The van der Waals surface area contributed by atoms with Gasteiger partial charge in [0.1, 0.15) is 5.75 Å². The second-order valence-corrected chi connectivity index (χ2v) is 5.88. The van der Waals surface area contributed by atoms with Gasteiger partial charge in [-0.1, -0.05) is 42.5 Å². The molecule has 1 N–H and O–H groups in total. The highest BCUT2D eigenvalue weighted by Crippen LogP contribution is 2.12. The van der Waals surface area contributed by atoms with E-state index < -0.39 is 0 Å². The molecule has 3 aromatic rings. The number of rotatable bonds is 7. The van der Waals surface area contributed by atoms with E-state index in [4.69, 9.17) is 17.0 Å². The lowest BCUT2D eigenvalue weighted by Gasteiger charge is -2.04. The van der Waals surface area contributed by atoms with Gasteiger partial charge in [-0.2, -0.15) is 14.9 Å². The maximum atomic E-state index is 5.51. The van der Waals surface area contributed by atoms with Crippen molar-refractivity contribution in [1.29, 1.82) is 0 Å². The van der Waals surface area contributed by atoms with Crippen LogP contribution in [0.3, 0.4) is 0 Å². The highest BCUT2D eigenvalue weighted by Gasteiger charge is 2.05. The molecule has 128 valence electrons. The zero-order chi connectivity index (χ0) is 17.5.